The Morgan fingerprint density at radius 2 is 1.85 bits per heavy atom. The lowest BCUT2D eigenvalue weighted by atomic mass is 10.2. The zero-order chi connectivity index (χ0) is 18.5. The van der Waals surface area contributed by atoms with Crippen LogP contribution in [0.25, 0.3) is 0 Å². The van der Waals surface area contributed by atoms with Gasteiger partial charge in [-0.05, 0) is 37.3 Å². The first-order valence-corrected chi connectivity index (χ1v) is 8.12. The predicted molar refractivity (Wildman–Crippen MR) is 93.9 cm³/mol. The van der Waals surface area contributed by atoms with Gasteiger partial charge in [0.2, 0.25) is 0 Å². The summed E-state index contributed by atoms with van der Waals surface area (Å²) in [5.41, 5.74) is 0.933. The molecule has 1 aliphatic heterocycles. The number of carbonyl (C=O) groups is 2. The Labute approximate surface area is 150 Å². The minimum atomic E-state index is -0.768. The third-order valence-electron chi connectivity index (χ3n) is 3.75. The molecule has 1 amide bonds. The van der Waals surface area contributed by atoms with Crippen molar-refractivity contribution < 1.29 is 28.5 Å². The minimum absolute atomic E-state index is 0.329. The maximum Gasteiger partial charge on any atom is 0.337 e. The van der Waals surface area contributed by atoms with Gasteiger partial charge in [0.05, 0.1) is 12.7 Å². The number of methoxy groups -OCH3 is 1. The number of anilines is 1. The van der Waals surface area contributed by atoms with Gasteiger partial charge in [-0.15, -0.1) is 0 Å². The number of nitrogens with one attached hydrogen (secondary N) is 1. The fourth-order valence-corrected chi connectivity index (χ4v) is 2.44. The molecule has 136 valence electrons. The number of hydrogen-bond acceptors (Lipinski definition) is 6. The van der Waals surface area contributed by atoms with Crippen molar-refractivity contribution in [3.8, 4) is 17.2 Å². The fourth-order valence-electron chi connectivity index (χ4n) is 2.44. The van der Waals surface area contributed by atoms with Crippen LogP contribution in [0.5, 0.6) is 17.2 Å². The summed E-state index contributed by atoms with van der Waals surface area (Å²) in [4.78, 5) is 23.9. The quantitative estimate of drug-likeness (QED) is 0.829. The Morgan fingerprint density at radius 3 is 2.62 bits per heavy atom. The topological polar surface area (TPSA) is 83.1 Å². The maximum atomic E-state index is 12.4. The molecule has 7 heteroatoms. The van der Waals surface area contributed by atoms with Gasteiger partial charge in [0, 0.05) is 11.8 Å². The lowest BCUT2D eigenvalue weighted by Gasteiger charge is -2.20. The van der Waals surface area contributed by atoms with E-state index in [2.05, 4.69) is 10.1 Å². The molecule has 0 bridgehead atoms. The summed E-state index contributed by atoms with van der Waals surface area (Å²) < 4.78 is 21.2. The summed E-state index contributed by atoms with van der Waals surface area (Å²) in [7, 11) is 1.30. The molecular formula is C19H19NO6. The Hall–Kier alpha value is -3.22. The summed E-state index contributed by atoms with van der Waals surface area (Å²) in [5.74, 6) is 0.846. The molecule has 2 aromatic rings. The second kappa shape index (κ2) is 7.77. The van der Waals surface area contributed by atoms with Crippen molar-refractivity contribution in [2.45, 2.75) is 13.0 Å². The van der Waals surface area contributed by atoms with E-state index in [9.17, 15) is 9.59 Å². The number of benzene rings is 2. The van der Waals surface area contributed by atoms with Gasteiger partial charge in [0.1, 0.15) is 19.0 Å². The number of carbonyl (C=O) groups excluding carboxylic acids is 2. The first kappa shape index (κ1) is 17.6. The minimum Gasteiger partial charge on any atom is -0.486 e. The smallest absolute Gasteiger partial charge is 0.337 e. The second-order valence-electron chi connectivity index (χ2n) is 5.63. The lowest BCUT2D eigenvalue weighted by molar-refractivity contribution is -0.122. The third kappa shape index (κ3) is 4.05. The van der Waals surface area contributed by atoms with Gasteiger partial charge in [0.25, 0.3) is 5.91 Å². The normalized spacial score (nSPS) is 13.5. The Morgan fingerprint density at radius 1 is 1.08 bits per heavy atom. The zero-order valence-corrected chi connectivity index (χ0v) is 14.5. The predicted octanol–water partition coefficient (Wildman–Crippen LogP) is 2.65. The van der Waals surface area contributed by atoms with Crippen molar-refractivity contribution in [1.82, 2.24) is 0 Å². The number of amides is 1. The number of esters is 1. The van der Waals surface area contributed by atoms with Crippen molar-refractivity contribution in [1.29, 1.82) is 0 Å². The average Bonchev–Trinajstić information content (AvgIpc) is 2.67. The molecule has 1 unspecified atom stereocenters. The van der Waals surface area contributed by atoms with E-state index in [1.165, 1.54) is 13.2 Å². The molecule has 1 aliphatic rings. The van der Waals surface area contributed by atoms with Crippen LogP contribution in [0.1, 0.15) is 17.3 Å². The molecule has 1 atom stereocenters. The van der Waals surface area contributed by atoms with Crippen LogP contribution in [0.4, 0.5) is 5.69 Å². The highest BCUT2D eigenvalue weighted by molar-refractivity contribution is 5.94. The SMILES string of the molecule is COC(=O)c1cccc(OC(C)C(=O)Nc2ccc3c(c2)OCCO3)c1. The fraction of sp³-hybridized carbons (Fsp3) is 0.263. The van der Waals surface area contributed by atoms with Gasteiger partial charge in [-0.3, -0.25) is 4.79 Å². The monoisotopic (exact) mass is 357 g/mol. The molecule has 0 radical (unpaired) electrons. The van der Waals surface area contributed by atoms with Crippen LogP contribution in [0.3, 0.4) is 0 Å². The molecular weight excluding hydrogens is 338 g/mol. The highest BCUT2D eigenvalue weighted by atomic mass is 16.6. The molecule has 0 fully saturated rings. The summed E-state index contributed by atoms with van der Waals surface area (Å²) in [6, 6.07) is 11.6. The summed E-state index contributed by atoms with van der Waals surface area (Å²) >= 11 is 0. The van der Waals surface area contributed by atoms with Crippen LogP contribution in [-0.2, 0) is 9.53 Å². The summed E-state index contributed by atoms with van der Waals surface area (Å²) in [5, 5.41) is 2.77. The van der Waals surface area contributed by atoms with Crippen molar-refractivity contribution in [2.75, 3.05) is 25.6 Å². The Kier molecular flexibility index (Phi) is 5.26. The van der Waals surface area contributed by atoms with E-state index in [4.69, 9.17) is 14.2 Å². The number of fused-ring (bicyclic) bond motifs is 1. The van der Waals surface area contributed by atoms with Gasteiger partial charge in [0.15, 0.2) is 17.6 Å². The Bertz CT molecular complexity index is 819. The molecule has 0 spiro atoms. The van der Waals surface area contributed by atoms with Crippen molar-refractivity contribution >= 4 is 17.6 Å². The van der Waals surface area contributed by atoms with Crippen LogP contribution in [0, 0.1) is 0 Å². The van der Waals surface area contributed by atoms with Gasteiger partial charge in [-0.2, -0.15) is 0 Å². The van der Waals surface area contributed by atoms with Crippen molar-refractivity contribution in [3.05, 3.63) is 48.0 Å². The van der Waals surface area contributed by atoms with Crippen molar-refractivity contribution in [2.24, 2.45) is 0 Å². The summed E-state index contributed by atoms with van der Waals surface area (Å²) in [6.45, 7) is 2.60. The molecule has 26 heavy (non-hydrogen) atoms. The van der Waals surface area contributed by atoms with E-state index in [-0.39, 0.29) is 5.91 Å². The van der Waals surface area contributed by atoms with E-state index in [0.29, 0.717) is 41.7 Å². The van der Waals surface area contributed by atoms with Gasteiger partial charge < -0.3 is 24.3 Å². The second-order valence-corrected chi connectivity index (χ2v) is 5.63. The average molecular weight is 357 g/mol. The standard InChI is InChI=1S/C19H19NO6/c1-12(26-15-5-3-4-13(10-15)19(22)23-2)18(21)20-14-6-7-16-17(11-14)25-9-8-24-16/h3-7,10-12H,8-9H2,1-2H3,(H,20,21). The number of rotatable bonds is 5. The lowest BCUT2D eigenvalue weighted by Crippen LogP contribution is -2.30. The molecule has 0 aliphatic carbocycles. The van der Waals surface area contributed by atoms with Crippen LogP contribution < -0.4 is 19.5 Å². The van der Waals surface area contributed by atoms with Crippen LogP contribution in [0.15, 0.2) is 42.5 Å². The Balaban J connectivity index is 1.64. The molecule has 2 aromatic carbocycles. The molecule has 1 N–H and O–H groups in total. The number of hydrogen-bond donors (Lipinski definition) is 1. The molecule has 3 rings (SSSR count). The van der Waals surface area contributed by atoms with E-state index >= 15 is 0 Å². The maximum absolute atomic E-state index is 12.4. The first-order chi connectivity index (χ1) is 12.6. The third-order valence-corrected chi connectivity index (χ3v) is 3.75. The van der Waals surface area contributed by atoms with E-state index in [1.807, 2.05) is 0 Å². The van der Waals surface area contributed by atoms with Crippen LogP contribution in [-0.4, -0.2) is 38.3 Å². The van der Waals surface area contributed by atoms with Crippen molar-refractivity contribution in [3.63, 3.8) is 0 Å². The molecule has 7 nitrogen and oxygen atoms in total. The summed E-state index contributed by atoms with van der Waals surface area (Å²) in [6.07, 6.45) is -0.768. The molecule has 0 saturated heterocycles. The largest absolute Gasteiger partial charge is 0.486 e. The molecule has 0 aromatic heterocycles. The molecule has 1 heterocycles. The van der Waals surface area contributed by atoms with E-state index in [1.54, 1.807) is 43.3 Å². The first-order valence-electron chi connectivity index (χ1n) is 8.12. The van der Waals surface area contributed by atoms with Crippen LogP contribution >= 0.6 is 0 Å². The number of ether oxygens (including phenoxy) is 4. The van der Waals surface area contributed by atoms with Crippen LogP contribution in [0.2, 0.25) is 0 Å². The zero-order valence-electron chi connectivity index (χ0n) is 14.5. The van der Waals surface area contributed by atoms with Gasteiger partial charge in [-0.25, -0.2) is 4.79 Å². The van der Waals surface area contributed by atoms with Gasteiger partial charge in [-0.1, -0.05) is 6.07 Å². The highest BCUT2D eigenvalue weighted by Crippen LogP contribution is 2.32. The van der Waals surface area contributed by atoms with E-state index < -0.39 is 12.1 Å². The van der Waals surface area contributed by atoms with E-state index in [0.717, 1.165) is 0 Å². The molecule has 0 saturated carbocycles. The van der Waals surface area contributed by atoms with Gasteiger partial charge >= 0.3 is 5.97 Å². The highest BCUT2D eigenvalue weighted by Gasteiger charge is 2.18.